The molecule has 3 rings (SSSR count). The summed E-state index contributed by atoms with van der Waals surface area (Å²) in [5, 5.41) is 11.0. The van der Waals surface area contributed by atoms with Gasteiger partial charge in [0.2, 0.25) is 0 Å². The molecule has 0 spiro atoms. The second-order valence-corrected chi connectivity index (χ2v) is 6.57. The average Bonchev–Trinajstić information content (AvgIpc) is 2.73. The maximum absolute atomic E-state index is 12.5. The number of aromatic hydroxyl groups is 1. The molecule has 29 heavy (non-hydrogen) atoms. The van der Waals surface area contributed by atoms with Crippen LogP contribution in [0, 0.1) is 0 Å². The quantitative estimate of drug-likeness (QED) is 0.422. The van der Waals surface area contributed by atoms with Gasteiger partial charge in [0.25, 0.3) is 5.56 Å². The Morgan fingerprint density at radius 2 is 1.97 bits per heavy atom. The standard InChI is InChI=1S/C21H20ClNO6/c1-27-14-7-8-19(17(22)11-14)29-10-4-9-28-13-23-18-6-3-2-5-15(18)20(25)16(12-24)21(23)26/h2-3,5-8,11-12,25H,4,9-10,13H2,1H3. The van der Waals surface area contributed by atoms with Crippen molar-refractivity contribution < 1.29 is 24.1 Å². The van der Waals surface area contributed by atoms with Gasteiger partial charge in [-0.25, -0.2) is 0 Å². The Balaban J connectivity index is 1.59. The van der Waals surface area contributed by atoms with Crippen molar-refractivity contribution in [1.29, 1.82) is 0 Å². The van der Waals surface area contributed by atoms with Gasteiger partial charge in [-0.2, -0.15) is 0 Å². The number of fused-ring (bicyclic) bond motifs is 1. The summed E-state index contributed by atoms with van der Waals surface area (Å²) in [6.07, 6.45) is 0.917. The van der Waals surface area contributed by atoms with Crippen molar-refractivity contribution in [1.82, 2.24) is 4.57 Å². The first-order chi connectivity index (χ1) is 14.1. The highest BCUT2D eigenvalue weighted by Crippen LogP contribution is 2.28. The zero-order valence-electron chi connectivity index (χ0n) is 15.8. The van der Waals surface area contributed by atoms with Crippen LogP contribution in [-0.2, 0) is 11.5 Å². The highest BCUT2D eigenvalue weighted by molar-refractivity contribution is 6.32. The van der Waals surface area contributed by atoms with Gasteiger partial charge in [-0.1, -0.05) is 23.7 Å². The molecular formula is C21H20ClNO6. The summed E-state index contributed by atoms with van der Waals surface area (Å²) in [5.41, 5.74) is -0.399. The Morgan fingerprint density at radius 1 is 1.17 bits per heavy atom. The predicted molar refractivity (Wildman–Crippen MR) is 109 cm³/mol. The molecule has 0 bridgehead atoms. The zero-order valence-corrected chi connectivity index (χ0v) is 16.5. The van der Waals surface area contributed by atoms with Crippen LogP contribution in [0.15, 0.2) is 47.3 Å². The van der Waals surface area contributed by atoms with Crippen LogP contribution in [0.25, 0.3) is 10.9 Å². The Kier molecular flexibility index (Phi) is 6.74. The zero-order chi connectivity index (χ0) is 20.8. The number of hydrogen-bond acceptors (Lipinski definition) is 6. The number of para-hydroxylation sites is 1. The fourth-order valence-corrected chi connectivity index (χ4v) is 3.09. The maximum Gasteiger partial charge on any atom is 0.267 e. The molecule has 0 aliphatic heterocycles. The third kappa shape index (κ3) is 4.52. The molecule has 0 aliphatic carbocycles. The lowest BCUT2D eigenvalue weighted by molar-refractivity contribution is 0.0681. The van der Waals surface area contributed by atoms with Crippen molar-refractivity contribution in [2.45, 2.75) is 13.2 Å². The summed E-state index contributed by atoms with van der Waals surface area (Å²) in [5.74, 6) is 0.873. The number of aldehydes is 1. The number of halogens is 1. The second-order valence-electron chi connectivity index (χ2n) is 6.17. The summed E-state index contributed by atoms with van der Waals surface area (Å²) in [7, 11) is 1.56. The minimum absolute atomic E-state index is 0.0518. The van der Waals surface area contributed by atoms with E-state index in [2.05, 4.69) is 0 Å². The van der Waals surface area contributed by atoms with Crippen LogP contribution in [0.2, 0.25) is 5.02 Å². The monoisotopic (exact) mass is 417 g/mol. The van der Waals surface area contributed by atoms with Gasteiger partial charge in [-0.15, -0.1) is 0 Å². The molecule has 1 N–H and O–H groups in total. The summed E-state index contributed by atoms with van der Waals surface area (Å²) in [6.45, 7) is 0.645. The first-order valence-electron chi connectivity index (χ1n) is 8.90. The first-order valence-corrected chi connectivity index (χ1v) is 9.28. The Bertz CT molecular complexity index is 1080. The lowest BCUT2D eigenvalue weighted by atomic mass is 10.1. The largest absolute Gasteiger partial charge is 0.506 e. The van der Waals surface area contributed by atoms with E-state index in [1.54, 1.807) is 49.6 Å². The summed E-state index contributed by atoms with van der Waals surface area (Å²) < 4.78 is 17.6. The van der Waals surface area contributed by atoms with Crippen molar-refractivity contribution in [3.05, 3.63) is 63.4 Å². The van der Waals surface area contributed by atoms with Gasteiger partial charge in [0.05, 0.1) is 30.9 Å². The third-order valence-corrected chi connectivity index (χ3v) is 4.64. The minimum Gasteiger partial charge on any atom is -0.506 e. The van der Waals surface area contributed by atoms with Gasteiger partial charge in [0, 0.05) is 17.9 Å². The van der Waals surface area contributed by atoms with Crippen molar-refractivity contribution in [2.75, 3.05) is 20.3 Å². The number of ether oxygens (including phenoxy) is 3. The van der Waals surface area contributed by atoms with Crippen molar-refractivity contribution in [3.8, 4) is 17.2 Å². The number of benzene rings is 2. The van der Waals surface area contributed by atoms with Crippen molar-refractivity contribution >= 4 is 28.8 Å². The molecule has 3 aromatic rings. The van der Waals surface area contributed by atoms with E-state index in [9.17, 15) is 14.7 Å². The molecule has 152 valence electrons. The van der Waals surface area contributed by atoms with Crippen LogP contribution in [0.4, 0.5) is 0 Å². The minimum atomic E-state index is -0.600. The number of methoxy groups -OCH3 is 1. The highest BCUT2D eigenvalue weighted by atomic mass is 35.5. The van der Waals surface area contributed by atoms with E-state index in [0.717, 1.165) is 0 Å². The number of rotatable bonds is 9. The normalized spacial score (nSPS) is 10.8. The van der Waals surface area contributed by atoms with E-state index >= 15 is 0 Å². The Labute approximate surface area is 172 Å². The second kappa shape index (κ2) is 9.45. The van der Waals surface area contributed by atoms with Crippen LogP contribution >= 0.6 is 11.6 Å². The molecular weight excluding hydrogens is 398 g/mol. The SMILES string of the molecule is COc1ccc(OCCCOCn2c(=O)c(C=O)c(O)c3ccccc32)c(Cl)c1. The molecule has 2 aromatic carbocycles. The molecule has 7 nitrogen and oxygen atoms in total. The number of carbonyl (C=O) groups is 1. The van der Waals surface area contributed by atoms with Gasteiger partial charge in [-0.3, -0.25) is 14.2 Å². The molecule has 1 aromatic heterocycles. The van der Waals surface area contributed by atoms with E-state index < -0.39 is 5.56 Å². The van der Waals surface area contributed by atoms with E-state index in [1.165, 1.54) is 4.57 Å². The Morgan fingerprint density at radius 3 is 2.69 bits per heavy atom. The fourth-order valence-electron chi connectivity index (χ4n) is 2.87. The van der Waals surface area contributed by atoms with E-state index in [4.69, 9.17) is 25.8 Å². The molecule has 0 radical (unpaired) electrons. The number of nitrogens with zero attached hydrogens (tertiary/aromatic N) is 1. The van der Waals surface area contributed by atoms with E-state index in [0.29, 0.717) is 53.3 Å². The molecule has 8 heteroatoms. The molecule has 1 heterocycles. The smallest absolute Gasteiger partial charge is 0.267 e. The molecule has 0 amide bonds. The molecule has 0 saturated heterocycles. The fraction of sp³-hybridized carbons (Fsp3) is 0.238. The van der Waals surface area contributed by atoms with Gasteiger partial charge < -0.3 is 19.3 Å². The Hall–Kier alpha value is -3.03. The number of aromatic nitrogens is 1. The number of hydrogen-bond donors (Lipinski definition) is 1. The van der Waals surface area contributed by atoms with Crippen LogP contribution in [0.3, 0.4) is 0 Å². The lowest BCUT2D eigenvalue weighted by Crippen LogP contribution is -2.25. The number of pyridine rings is 1. The van der Waals surface area contributed by atoms with Crippen LogP contribution in [0.1, 0.15) is 16.8 Å². The molecule has 0 saturated carbocycles. The molecule has 0 atom stereocenters. The topological polar surface area (TPSA) is 87.0 Å². The summed E-state index contributed by atoms with van der Waals surface area (Å²) in [4.78, 5) is 23.7. The first kappa shape index (κ1) is 20.7. The van der Waals surface area contributed by atoms with Crippen LogP contribution in [0.5, 0.6) is 17.2 Å². The third-order valence-electron chi connectivity index (χ3n) is 4.35. The number of carbonyl (C=O) groups excluding carboxylic acids is 1. The maximum atomic E-state index is 12.5. The predicted octanol–water partition coefficient (Wildman–Crippen LogP) is 3.62. The molecule has 0 aliphatic rings. The van der Waals surface area contributed by atoms with E-state index in [1.807, 2.05) is 0 Å². The highest BCUT2D eigenvalue weighted by Gasteiger charge is 2.15. The van der Waals surface area contributed by atoms with Gasteiger partial charge in [-0.05, 0) is 24.3 Å². The molecule has 0 unspecified atom stereocenters. The lowest BCUT2D eigenvalue weighted by Gasteiger charge is -2.13. The van der Waals surface area contributed by atoms with Crippen molar-refractivity contribution in [2.24, 2.45) is 0 Å². The molecule has 0 fully saturated rings. The van der Waals surface area contributed by atoms with Gasteiger partial charge in [0.15, 0.2) is 6.29 Å². The average molecular weight is 418 g/mol. The van der Waals surface area contributed by atoms with Crippen LogP contribution in [-0.4, -0.2) is 36.3 Å². The van der Waals surface area contributed by atoms with Gasteiger partial charge in [0.1, 0.15) is 29.5 Å². The van der Waals surface area contributed by atoms with Crippen LogP contribution < -0.4 is 15.0 Å². The van der Waals surface area contributed by atoms with Gasteiger partial charge >= 0.3 is 0 Å². The summed E-state index contributed by atoms with van der Waals surface area (Å²) in [6, 6.07) is 11.9. The summed E-state index contributed by atoms with van der Waals surface area (Å²) >= 11 is 6.12. The van der Waals surface area contributed by atoms with E-state index in [-0.39, 0.29) is 18.0 Å². The van der Waals surface area contributed by atoms with Crippen molar-refractivity contribution in [3.63, 3.8) is 0 Å².